The minimum absolute atomic E-state index is 0.0523. The van der Waals surface area contributed by atoms with Gasteiger partial charge in [0.2, 0.25) is 11.8 Å². The Morgan fingerprint density at radius 1 is 1.45 bits per heavy atom. The molecule has 2 atom stereocenters. The van der Waals surface area contributed by atoms with Crippen LogP contribution in [0.2, 0.25) is 5.02 Å². The monoisotopic (exact) mass is 323 g/mol. The maximum atomic E-state index is 12.7. The molecule has 2 N–H and O–H groups in total. The maximum Gasteiger partial charge on any atom is 0.245 e. The number of amides is 2. The fourth-order valence-electron chi connectivity index (χ4n) is 2.68. The van der Waals surface area contributed by atoms with E-state index in [-0.39, 0.29) is 17.9 Å². The fraction of sp³-hybridized carbons (Fsp3) is 0.500. The highest BCUT2D eigenvalue weighted by atomic mass is 35.5. The fourth-order valence-corrected chi connectivity index (χ4v) is 2.90. The Kier molecular flexibility index (Phi) is 5.80. The van der Waals surface area contributed by atoms with E-state index in [0.29, 0.717) is 24.5 Å². The zero-order valence-corrected chi connectivity index (χ0v) is 13.7. The quantitative estimate of drug-likeness (QED) is 0.875. The van der Waals surface area contributed by atoms with Gasteiger partial charge in [-0.1, -0.05) is 29.8 Å². The van der Waals surface area contributed by atoms with Crippen LogP contribution in [-0.2, 0) is 16.0 Å². The number of carbonyl (C=O) groups is 2. The van der Waals surface area contributed by atoms with Crippen LogP contribution in [-0.4, -0.2) is 48.4 Å². The van der Waals surface area contributed by atoms with Gasteiger partial charge in [0.25, 0.3) is 0 Å². The van der Waals surface area contributed by atoms with Crippen molar-refractivity contribution in [3.05, 3.63) is 34.9 Å². The highest BCUT2D eigenvalue weighted by molar-refractivity contribution is 6.31. The number of hydrogen-bond acceptors (Lipinski definition) is 3. The summed E-state index contributed by atoms with van der Waals surface area (Å²) in [6.07, 6.45) is 0.399. The lowest BCUT2D eigenvalue weighted by molar-refractivity contribution is -0.137. The average molecular weight is 324 g/mol. The lowest BCUT2D eigenvalue weighted by Crippen LogP contribution is -2.57. The first-order chi connectivity index (χ1) is 10.5. The van der Waals surface area contributed by atoms with Crippen LogP contribution in [0.25, 0.3) is 0 Å². The van der Waals surface area contributed by atoms with Gasteiger partial charge >= 0.3 is 0 Å². The molecule has 0 unspecified atom stereocenters. The molecule has 1 aromatic carbocycles. The molecule has 1 saturated heterocycles. The van der Waals surface area contributed by atoms with Gasteiger partial charge in [0.15, 0.2) is 0 Å². The van der Waals surface area contributed by atoms with E-state index in [0.717, 1.165) is 12.1 Å². The van der Waals surface area contributed by atoms with Crippen LogP contribution in [0.3, 0.4) is 0 Å². The lowest BCUT2D eigenvalue weighted by Gasteiger charge is -2.34. The molecule has 22 heavy (non-hydrogen) atoms. The molecule has 2 rings (SSSR count). The van der Waals surface area contributed by atoms with Crippen molar-refractivity contribution in [1.29, 1.82) is 0 Å². The molecule has 0 aliphatic carbocycles. The number of rotatable bonds is 4. The number of nitrogens with zero attached hydrogens (tertiary/aromatic N) is 1. The third-order valence-corrected chi connectivity index (χ3v) is 4.11. The van der Waals surface area contributed by atoms with Crippen molar-refractivity contribution in [2.24, 2.45) is 0 Å². The molecule has 1 aliphatic rings. The smallest absolute Gasteiger partial charge is 0.245 e. The Balaban J connectivity index is 2.13. The van der Waals surface area contributed by atoms with Gasteiger partial charge < -0.3 is 15.5 Å². The predicted molar refractivity (Wildman–Crippen MR) is 86.8 cm³/mol. The summed E-state index contributed by atoms with van der Waals surface area (Å²) < 4.78 is 0. The molecule has 2 amide bonds. The van der Waals surface area contributed by atoms with Gasteiger partial charge in [-0.3, -0.25) is 9.59 Å². The van der Waals surface area contributed by atoms with Crippen molar-refractivity contribution in [3.8, 4) is 0 Å². The zero-order valence-electron chi connectivity index (χ0n) is 12.9. The Labute approximate surface area is 136 Å². The molecule has 1 heterocycles. The number of hydrogen-bond donors (Lipinski definition) is 2. The summed E-state index contributed by atoms with van der Waals surface area (Å²) in [6.45, 7) is 5.54. The largest absolute Gasteiger partial charge is 0.344 e. The summed E-state index contributed by atoms with van der Waals surface area (Å²) in [5.41, 5.74) is 0.861. The predicted octanol–water partition coefficient (Wildman–Crippen LogP) is 1.21. The van der Waals surface area contributed by atoms with Crippen molar-refractivity contribution in [1.82, 2.24) is 15.5 Å². The van der Waals surface area contributed by atoms with Crippen LogP contribution < -0.4 is 10.6 Å². The molecule has 6 heteroatoms. The second-order valence-corrected chi connectivity index (χ2v) is 6.10. The molecule has 5 nitrogen and oxygen atoms in total. The molecule has 1 fully saturated rings. The normalized spacial score (nSPS) is 19.6. The summed E-state index contributed by atoms with van der Waals surface area (Å²) >= 11 is 6.17. The van der Waals surface area contributed by atoms with Gasteiger partial charge in [-0.25, -0.2) is 0 Å². The number of piperazine rings is 1. The van der Waals surface area contributed by atoms with E-state index in [1.165, 1.54) is 6.92 Å². The van der Waals surface area contributed by atoms with E-state index in [9.17, 15) is 9.59 Å². The molecular weight excluding hydrogens is 302 g/mol. The van der Waals surface area contributed by atoms with Gasteiger partial charge in [0.1, 0.15) is 6.04 Å². The Morgan fingerprint density at radius 3 is 2.82 bits per heavy atom. The van der Waals surface area contributed by atoms with E-state index in [1.807, 2.05) is 25.1 Å². The first-order valence-electron chi connectivity index (χ1n) is 7.50. The second kappa shape index (κ2) is 7.61. The van der Waals surface area contributed by atoms with E-state index in [2.05, 4.69) is 10.6 Å². The summed E-state index contributed by atoms with van der Waals surface area (Å²) in [6, 6.07) is 7.07. The molecule has 0 aromatic heterocycles. The van der Waals surface area contributed by atoms with Gasteiger partial charge in [-0.05, 0) is 18.6 Å². The lowest BCUT2D eigenvalue weighted by atomic mass is 10.0. The first-order valence-corrected chi connectivity index (χ1v) is 7.88. The van der Waals surface area contributed by atoms with Crippen molar-refractivity contribution < 1.29 is 9.59 Å². The molecule has 0 bridgehead atoms. The van der Waals surface area contributed by atoms with Crippen LogP contribution in [0.1, 0.15) is 19.4 Å². The molecule has 1 aromatic rings. The molecule has 120 valence electrons. The average Bonchev–Trinajstić information content (AvgIpc) is 2.47. The Hall–Kier alpha value is -1.59. The van der Waals surface area contributed by atoms with Crippen LogP contribution in [0.5, 0.6) is 0 Å². The summed E-state index contributed by atoms with van der Waals surface area (Å²) in [5, 5.41) is 6.67. The molecule has 0 spiro atoms. The van der Waals surface area contributed by atoms with E-state index in [4.69, 9.17) is 11.6 Å². The van der Waals surface area contributed by atoms with Crippen molar-refractivity contribution in [3.63, 3.8) is 0 Å². The van der Waals surface area contributed by atoms with Crippen LogP contribution in [0.15, 0.2) is 24.3 Å². The maximum absolute atomic E-state index is 12.7. The summed E-state index contributed by atoms with van der Waals surface area (Å²) in [7, 11) is 0. The van der Waals surface area contributed by atoms with E-state index >= 15 is 0 Å². The molecule has 1 aliphatic heterocycles. The number of carbonyl (C=O) groups excluding carboxylic acids is 2. The van der Waals surface area contributed by atoms with Gasteiger partial charge in [-0.15, -0.1) is 0 Å². The van der Waals surface area contributed by atoms with Crippen molar-refractivity contribution in [2.45, 2.75) is 32.4 Å². The topological polar surface area (TPSA) is 61.4 Å². The standard InChI is InChI=1S/C16H22ClN3O2/c1-11-10-20(8-7-18-11)16(22)15(19-12(2)21)9-13-5-3-4-6-14(13)17/h3-6,11,15,18H,7-10H2,1-2H3,(H,19,21)/t11-,15-/m0/s1. The molecular formula is C16H22ClN3O2. The third-order valence-electron chi connectivity index (χ3n) is 3.74. The SMILES string of the molecule is CC(=O)N[C@@H](Cc1ccccc1Cl)C(=O)N1CCN[C@@H](C)C1. The van der Waals surface area contributed by atoms with Gasteiger partial charge in [0, 0.05) is 44.0 Å². The van der Waals surface area contributed by atoms with Crippen molar-refractivity contribution in [2.75, 3.05) is 19.6 Å². The molecule has 0 saturated carbocycles. The van der Waals surface area contributed by atoms with Crippen LogP contribution >= 0.6 is 11.6 Å². The number of benzene rings is 1. The highest BCUT2D eigenvalue weighted by Gasteiger charge is 2.28. The summed E-state index contributed by atoms with van der Waals surface area (Å²) in [5.74, 6) is -0.267. The van der Waals surface area contributed by atoms with E-state index < -0.39 is 6.04 Å². The summed E-state index contributed by atoms with van der Waals surface area (Å²) in [4.78, 5) is 26.0. The number of halogens is 1. The zero-order chi connectivity index (χ0) is 16.1. The van der Waals surface area contributed by atoms with E-state index in [1.54, 1.807) is 11.0 Å². The third kappa shape index (κ3) is 4.45. The number of nitrogens with one attached hydrogen (secondary N) is 2. The Bertz CT molecular complexity index is 550. The van der Waals surface area contributed by atoms with Gasteiger partial charge in [0.05, 0.1) is 0 Å². The van der Waals surface area contributed by atoms with Crippen molar-refractivity contribution >= 4 is 23.4 Å². The molecule has 0 radical (unpaired) electrons. The van der Waals surface area contributed by atoms with Crippen LogP contribution in [0, 0.1) is 0 Å². The first kappa shape index (κ1) is 16.8. The van der Waals surface area contributed by atoms with Crippen LogP contribution in [0.4, 0.5) is 0 Å². The Morgan fingerprint density at radius 2 is 2.18 bits per heavy atom. The second-order valence-electron chi connectivity index (χ2n) is 5.69. The minimum atomic E-state index is -0.581. The minimum Gasteiger partial charge on any atom is -0.344 e. The van der Waals surface area contributed by atoms with Gasteiger partial charge in [-0.2, -0.15) is 0 Å². The highest BCUT2D eigenvalue weighted by Crippen LogP contribution is 2.17.